The molecule has 2 atom stereocenters. The molecule has 116 valence electrons. The van der Waals surface area contributed by atoms with Crippen LogP contribution in [0.15, 0.2) is 29.2 Å². The summed E-state index contributed by atoms with van der Waals surface area (Å²) >= 11 is 0. The largest absolute Gasteiger partial charge is 0.481 e. The summed E-state index contributed by atoms with van der Waals surface area (Å²) in [7, 11) is -3.18. The maximum Gasteiger partial charge on any atom is 0.306 e. The summed E-state index contributed by atoms with van der Waals surface area (Å²) < 4.78 is 23.8. The van der Waals surface area contributed by atoms with E-state index in [1.807, 2.05) is 6.92 Å². The van der Waals surface area contributed by atoms with Crippen LogP contribution < -0.4 is 5.32 Å². The average molecular weight is 311 g/mol. The lowest BCUT2D eigenvalue weighted by Gasteiger charge is -2.14. The van der Waals surface area contributed by atoms with E-state index in [4.69, 9.17) is 5.11 Å². The lowest BCUT2D eigenvalue weighted by Crippen LogP contribution is -2.17. The molecule has 0 aliphatic heterocycles. The van der Waals surface area contributed by atoms with Crippen LogP contribution in [0.3, 0.4) is 0 Å². The third kappa shape index (κ3) is 3.97. The Morgan fingerprint density at radius 2 is 1.95 bits per heavy atom. The minimum Gasteiger partial charge on any atom is -0.481 e. The summed E-state index contributed by atoms with van der Waals surface area (Å²) in [6, 6.07) is 6.85. The van der Waals surface area contributed by atoms with Crippen molar-refractivity contribution in [3.05, 3.63) is 24.3 Å². The zero-order valence-electron chi connectivity index (χ0n) is 12.1. The van der Waals surface area contributed by atoms with E-state index in [0.29, 0.717) is 24.2 Å². The van der Waals surface area contributed by atoms with Gasteiger partial charge in [0.15, 0.2) is 9.84 Å². The fourth-order valence-corrected chi connectivity index (χ4v) is 4.04. The number of hydrogen-bond acceptors (Lipinski definition) is 4. The first-order valence-corrected chi connectivity index (χ1v) is 8.89. The summed E-state index contributed by atoms with van der Waals surface area (Å²) in [6.45, 7) is 1.84. The molecule has 21 heavy (non-hydrogen) atoms. The van der Waals surface area contributed by atoms with E-state index in [1.54, 1.807) is 24.3 Å². The number of hydrogen-bond donors (Lipinski definition) is 2. The number of sulfone groups is 1. The molecule has 1 fully saturated rings. The van der Waals surface area contributed by atoms with Gasteiger partial charge in [0.2, 0.25) is 0 Å². The lowest BCUT2D eigenvalue weighted by atomic mass is 10.1. The van der Waals surface area contributed by atoms with Gasteiger partial charge in [-0.05, 0) is 49.9 Å². The van der Waals surface area contributed by atoms with Crippen LogP contribution in [0.25, 0.3) is 0 Å². The van der Waals surface area contributed by atoms with Gasteiger partial charge in [-0.3, -0.25) is 4.79 Å². The van der Waals surface area contributed by atoms with Crippen LogP contribution in [-0.2, 0) is 14.6 Å². The minimum absolute atomic E-state index is 0.143. The topological polar surface area (TPSA) is 83.5 Å². The van der Waals surface area contributed by atoms with Crippen molar-refractivity contribution in [2.45, 2.75) is 43.5 Å². The first kappa shape index (κ1) is 15.8. The lowest BCUT2D eigenvalue weighted by molar-refractivity contribution is -0.141. The SMILES string of the molecule is CCCS(=O)(=O)c1ccc(NC2CCC(C(=O)O)C2)cc1. The molecule has 1 aromatic rings. The average Bonchev–Trinajstić information content (AvgIpc) is 2.88. The van der Waals surface area contributed by atoms with Crippen molar-refractivity contribution in [2.24, 2.45) is 5.92 Å². The van der Waals surface area contributed by atoms with Gasteiger partial charge < -0.3 is 10.4 Å². The van der Waals surface area contributed by atoms with Crippen molar-refractivity contribution < 1.29 is 18.3 Å². The molecule has 0 aromatic heterocycles. The fourth-order valence-electron chi connectivity index (χ4n) is 2.72. The second kappa shape index (κ2) is 6.47. The van der Waals surface area contributed by atoms with Gasteiger partial charge in [-0.2, -0.15) is 0 Å². The van der Waals surface area contributed by atoms with Gasteiger partial charge in [-0.15, -0.1) is 0 Å². The van der Waals surface area contributed by atoms with Crippen LogP contribution in [0.5, 0.6) is 0 Å². The van der Waals surface area contributed by atoms with E-state index < -0.39 is 15.8 Å². The predicted molar refractivity (Wildman–Crippen MR) is 81.2 cm³/mol. The van der Waals surface area contributed by atoms with Gasteiger partial charge in [0.1, 0.15) is 0 Å². The Hall–Kier alpha value is -1.56. The minimum atomic E-state index is -3.18. The van der Waals surface area contributed by atoms with Crippen LogP contribution in [0, 0.1) is 5.92 Å². The first-order chi connectivity index (χ1) is 9.92. The molecule has 1 aromatic carbocycles. The highest BCUT2D eigenvalue weighted by Gasteiger charge is 2.29. The van der Waals surface area contributed by atoms with Crippen molar-refractivity contribution in [1.29, 1.82) is 0 Å². The highest BCUT2D eigenvalue weighted by atomic mass is 32.2. The van der Waals surface area contributed by atoms with E-state index in [9.17, 15) is 13.2 Å². The smallest absolute Gasteiger partial charge is 0.306 e. The fraction of sp³-hybridized carbons (Fsp3) is 0.533. The molecule has 0 amide bonds. The van der Waals surface area contributed by atoms with Gasteiger partial charge >= 0.3 is 5.97 Å². The van der Waals surface area contributed by atoms with Crippen molar-refractivity contribution in [3.63, 3.8) is 0 Å². The zero-order chi connectivity index (χ0) is 15.5. The van der Waals surface area contributed by atoms with Gasteiger partial charge in [-0.1, -0.05) is 6.92 Å². The molecule has 1 aliphatic carbocycles. The third-order valence-corrected chi connectivity index (χ3v) is 5.78. The maximum atomic E-state index is 11.9. The van der Waals surface area contributed by atoms with Crippen molar-refractivity contribution in [1.82, 2.24) is 0 Å². The number of carbonyl (C=O) groups is 1. The number of carboxylic acid groups (broad SMARTS) is 1. The number of benzene rings is 1. The molecule has 2 rings (SSSR count). The van der Waals surface area contributed by atoms with Gasteiger partial charge in [0, 0.05) is 11.7 Å². The molecule has 0 heterocycles. The Morgan fingerprint density at radius 3 is 2.48 bits per heavy atom. The van der Waals surface area contributed by atoms with Crippen molar-refractivity contribution >= 4 is 21.5 Å². The van der Waals surface area contributed by atoms with E-state index in [1.165, 1.54) is 0 Å². The van der Waals surface area contributed by atoms with Crippen LogP contribution in [0.1, 0.15) is 32.6 Å². The summed E-state index contributed by atoms with van der Waals surface area (Å²) in [5.41, 5.74) is 0.835. The summed E-state index contributed by atoms with van der Waals surface area (Å²) in [4.78, 5) is 11.3. The van der Waals surface area contributed by atoms with E-state index in [-0.39, 0.29) is 17.7 Å². The molecule has 0 bridgehead atoms. The molecule has 5 nitrogen and oxygen atoms in total. The molecular weight excluding hydrogens is 290 g/mol. The normalized spacial score (nSPS) is 22.1. The molecule has 0 radical (unpaired) electrons. The number of anilines is 1. The predicted octanol–water partition coefficient (Wildman–Crippen LogP) is 2.54. The molecule has 0 saturated heterocycles. The van der Waals surface area contributed by atoms with Gasteiger partial charge in [0.25, 0.3) is 0 Å². The summed E-state index contributed by atoms with van der Waals surface area (Å²) in [5.74, 6) is -0.852. The summed E-state index contributed by atoms with van der Waals surface area (Å²) in [5, 5.41) is 12.3. The van der Waals surface area contributed by atoms with Crippen LogP contribution in [0.4, 0.5) is 5.69 Å². The quantitative estimate of drug-likeness (QED) is 0.843. The van der Waals surface area contributed by atoms with E-state index >= 15 is 0 Å². The maximum absolute atomic E-state index is 11.9. The molecule has 1 aliphatic rings. The Kier molecular flexibility index (Phi) is 4.88. The number of carboxylic acids is 1. The molecule has 2 N–H and O–H groups in total. The van der Waals surface area contributed by atoms with Crippen LogP contribution in [-0.4, -0.2) is 31.3 Å². The first-order valence-electron chi connectivity index (χ1n) is 7.24. The Bertz CT molecular complexity index is 595. The molecule has 2 unspecified atom stereocenters. The van der Waals surface area contributed by atoms with Crippen molar-refractivity contribution in [3.8, 4) is 0 Å². The molecule has 6 heteroatoms. The highest BCUT2D eigenvalue weighted by Crippen LogP contribution is 2.28. The zero-order valence-corrected chi connectivity index (χ0v) is 12.9. The molecular formula is C15H21NO4S. The Morgan fingerprint density at radius 1 is 1.29 bits per heavy atom. The second-order valence-electron chi connectivity index (χ2n) is 5.53. The number of aliphatic carboxylic acids is 1. The standard InChI is InChI=1S/C15H21NO4S/c1-2-9-21(19,20)14-7-5-12(6-8-14)16-13-4-3-11(10-13)15(17)18/h5-8,11,13,16H,2-4,9-10H2,1H3,(H,17,18). The second-order valence-corrected chi connectivity index (χ2v) is 7.64. The van der Waals surface area contributed by atoms with Gasteiger partial charge in [0.05, 0.1) is 16.6 Å². The Labute approximate surface area is 125 Å². The Balaban J connectivity index is 1.99. The van der Waals surface area contributed by atoms with E-state index in [2.05, 4.69) is 5.32 Å². The molecule has 1 saturated carbocycles. The number of rotatable bonds is 6. The van der Waals surface area contributed by atoms with Crippen LogP contribution >= 0.6 is 0 Å². The highest BCUT2D eigenvalue weighted by molar-refractivity contribution is 7.91. The number of nitrogens with one attached hydrogen (secondary N) is 1. The van der Waals surface area contributed by atoms with Crippen molar-refractivity contribution in [2.75, 3.05) is 11.1 Å². The molecule has 0 spiro atoms. The van der Waals surface area contributed by atoms with E-state index in [0.717, 1.165) is 12.1 Å². The monoisotopic (exact) mass is 311 g/mol. The van der Waals surface area contributed by atoms with Gasteiger partial charge in [-0.25, -0.2) is 8.42 Å². The van der Waals surface area contributed by atoms with Crippen LogP contribution in [0.2, 0.25) is 0 Å². The third-order valence-electron chi connectivity index (χ3n) is 3.84. The summed E-state index contributed by atoms with van der Waals surface area (Å²) in [6.07, 6.45) is 2.73.